The zero-order chi connectivity index (χ0) is 14.8. The highest BCUT2D eigenvalue weighted by atomic mass is 16.6. The van der Waals surface area contributed by atoms with E-state index in [1.54, 1.807) is 7.11 Å². The van der Waals surface area contributed by atoms with Crippen molar-refractivity contribution in [1.82, 2.24) is 0 Å². The molecular formula is C16H26O4. The molecule has 20 heavy (non-hydrogen) atoms. The Labute approximate surface area is 120 Å². The fraction of sp³-hybridized carbons (Fsp3) is 0.875. The number of ether oxygens (including phenoxy) is 2. The van der Waals surface area contributed by atoms with Gasteiger partial charge in [0.25, 0.3) is 0 Å². The lowest BCUT2D eigenvalue weighted by Gasteiger charge is -2.48. The lowest BCUT2D eigenvalue weighted by molar-refractivity contribution is -0.161. The molecule has 6 atom stereocenters. The SMILES string of the molecule is CO[C@H]1C[C@@H](O)[C@]2(C)[C@@]3(C)CCC(C)=C[C@H]3O[C@]12CO. The molecule has 1 heterocycles. The minimum absolute atomic E-state index is 0.0546. The van der Waals surface area contributed by atoms with Crippen LogP contribution in [-0.2, 0) is 9.47 Å². The van der Waals surface area contributed by atoms with Crippen molar-refractivity contribution in [3.05, 3.63) is 11.6 Å². The van der Waals surface area contributed by atoms with Crippen LogP contribution in [0.2, 0.25) is 0 Å². The van der Waals surface area contributed by atoms with Gasteiger partial charge in [0.2, 0.25) is 0 Å². The minimum atomic E-state index is -0.804. The van der Waals surface area contributed by atoms with E-state index in [1.807, 2.05) is 0 Å². The van der Waals surface area contributed by atoms with E-state index < -0.39 is 17.1 Å². The van der Waals surface area contributed by atoms with Crippen LogP contribution < -0.4 is 0 Å². The molecule has 2 aliphatic carbocycles. The second-order valence-corrected chi connectivity index (χ2v) is 7.19. The van der Waals surface area contributed by atoms with Gasteiger partial charge in [-0.1, -0.05) is 25.5 Å². The summed E-state index contributed by atoms with van der Waals surface area (Å²) in [6.45, 7) is 6.27. The number of hydrogen-bond donors (Lipinski definition) is 2. The highest BCUT2D eigenvalue weighted by Crippen LogP contribution is 2.68. The normalized spacial score (nSPS) is 54.5. The van der Waals surface area contributed by atoms with Crippen molar-refractivity contribution in [2.45, 2.75) is 63.9 Å². The second kappa shape index (κ2) is 4.29. The van der Waals surface area contributed by atoms with E-state index in [-0.39, 0.29) is 24.2 Å². The van der Waals surface area contributed by atoms with Gasteiger partial charge in [-0.25, -0.2) is 0 Å². The van der Waals surface area contributed by atoms with Crippen LogP contribution in [0, 0.1) is 10.8 Å². The Hall–Kier alpha value is -0.420. The molecule has 0 aromatic rings. The van der Waals surface area contributed by atoms with E-state index >= 15 is 0 Å². The second-order valence-electron chi connectivity index (χ2n) is 7.19. The maximum Gasteiger partial charge on any atom is 0.126 e. The number of fused-ring (bicyclic) bond motifs is 3. The predicted molar refractivity (Wildman–Crippen MR) is 75.3 cm³/mol. The van der Waals surface area contributed by atoms with E-state index in [1.165, 1.54) is 5.57 Å². The standard InChI is InChI=1S/C16H26O4/c1-10-5-6-14(2)12(7-10)20-16(9-17)13(19-4)8-11(18)15(14,16)3/h7,11-13,17-18H,5-6,8-9H2,1-4H3/t11-,12-,13+,14+,15-,16-/m1/s1. The molecule has 0 amide bonds. The van der Waals surface area contributed by atoms with Gasteiger partial charge in [0.15, 0.2) is 0 Å². The number of methoxy groups -OCH3 is 1. The Morgan fingerprint density at radius 2 is 2.15 bits per heavy atom. The monoisotopic (exact) mass is 282 g/mol. The fourth-order valence-corrected chi connectivity index (χ4v) is 4.97. The molecule has 0 bridgehead atoms. The van der Waals surface area contributed by atoms with Gasteiger partial charge in [-0.15, -0.1) is 0 Å². The molecule has 1 aliphatic heterocycles. The van der Waals surface area contributed by atoms with Gasteiger partial charge in [0.1, 0.15) is 5.60 Å². The Kier molecular flexibility index (Phi) is 3.11. The highest BCUT2D eigenvalue weighted by Gasteiger charge is 2.76. The van der Waals surface area contributed by atoms with E-state index in [4.69, 9.17) is 9.47 Å². The van der Waals surface area contributed by atoms with E-state index in [0.717, 1.165) is 12.8 Å². The third-order valence-electron chi connectivity index (χ3n) is 6.65. The molecule has 0 aromatic heterocycles. The number of allylic oxidation sites excluding steroid dienone is 1. The summed E-state index contributed by atoms with van der Waals surface area (Å²) in [6, 6.07) is 0. The largest absolute Gasteiger partial charge is 0.393 e. The molecule has 3 aliphatic rings. The summed E-state index contributed by atoms with van der Waals surface area (Å²) in [5, 5.41) is 20.8. The molecule has 0 spiro atoms. The Balaban J connectivity index is 2.15. The molecule has 114 valence electrons. The molecule has 0 aromatic carbocycles. The quantitative estimate of drug-likeness (QED) is 0.756. The molecule has 1 saturated carbocycles. The third kappa shape index (κ3) is 1.36. The van der Waals surface area contributed by atoms with Crippen molar-refractivity contribution in [2.75, 3.05) is 13.7 Å². The number of aliphatic hydroxyl groups is 2. The first-order valence-electron chi connectivity index (χ1n) is 7.52. The van der Waals surface area contributed by atoms with Crippen molar-refractivity contribution in [3.63, 3.8) is 0 Å². The van der Waals surface area contributed by atoms with E-state index in [2.05, 4.69) is 26.8 Å². The Morgan fingerprint density at radius 1 is 1.45 bits per heavy atom. The van der Waals surface area contributed by atoms with Gasteiger partial charge in [0.05, 0.1) is 24.9 Å². The van der Waals surface area contributed by atoms with Gasteiger partial charge in [-0.2, -0.15) is 0 Å². The van der Waals surface area contributed by atoms with Crippen molar-refractivity contribution < 1.29 is 19.7 Å². The first-order valence-corrected chi connectivity index (χ1v) is 7.52. The first-order chi connectivity index (χ1) is 9.35. The van der Waals surface area contributed by atoms with Gasteiger partial charge in [-0.05, 0) is 19.8 Å². The van der Waals surface area contributed by atoms with Gasteiger partial charge < -0.3 is 19.7 Å². The highest BCUT2D eigenvalue weighted by molar-refractivity contribution is 5.29. The molecular weight excluding hydrogens is 256 g/mol. The molecule has 4 heteroatoms. The average Bonchev–Trinajstić information content (AvgIpc) is 2.77. The van der Waals surface area contributed by atoms with Gasteiger partial charge >= 0.3 is 0 Å². The summed E-state index contributed by atoms with van der Waals surface area (Å²) in [5.74, 6) is 0. The number of rotatable bonds is 2. The molecule has 0 unspecified atom stereocenters. The maximum absolute atomic E-state index is 10.7. The predicted octanol–water partition coefficient (Wildman–Crippen LogP) is 1.65. The molecule has 2 fully saturated rings. The number of hydrogen-bond acceptors (Lipinski definition) is 4. The van der Waals surface area contributed by atoms with Crippen LogP contribution >= 0.6 is 0 Å². The van der Waals surface area contributed by atoms with Crippen LogP contribution in [0.5, 0.6) is 0 Å². The first kappa shape index (κ1) is 14.5. The Bertz CT molecular complexity index is 448. The van der Waals surface area contributed by atoms with E-state index in [9.17, 15) is 10.2 Å². The molecule has 0 radical (unpaired) electrons. The summed E-state index contributed by atoms with van der Waals surface area (Å²) in [6.07, 6.45) is 3.87. The fourth-order valence-electron chi connectivity index (χ4n) is 4.97. The van der Waals surface area contributed by atoms with Crippen LogP contribution in [0.3, 0.4) is 0 Å². The van der Waals surface area contributed by atoms with Crippen molar-refractivity contribution in [1.29, 1.82) is 0 Å². The van der Waals surface area contributed by atoms with Crippen LogP contribution in [0.4, 0.5) is 0 Å². The van der Waals surface area contributed by atoms with E-state index in [0.29, 0.717) is 6.42 Å². The smallest absolute Gasteiger partial charge is 0.126 e. The van der Waals surface area contributed by atoms with Crippen LogP contribution in [-0.4, -0.2) is 47.8 Å². The minimum Gasteiger partial charge on any atom is -0.393 e. The number of aliphatic hydroxyl groups excluding tert-OH is 2. The summed E-state index contributed by atoms with van der Waals surface area (Å²) in [7, 11) is 1.63. The van der Waals surface area contributed by atoms with Gasteiger partial charge in [0, 0.05) is 24.4 Å². The van der Waals surface area contributed by atoms with Crippen LogP contribution in [0.15, 0.2) is 11.6 Å². The van der Waals surface area contributed by atoms with Gasteiger partial charge in [-0.3, -0.25) is 0 Å². The molecule has 3 rings (SSSR count). The molecule has 4 nitrogen and oxygen atoms in total. The van der Waals surface area contributed by atoms with Crippen LogP contribution in [0.25, 0.3) is 0 Å². The van der Waals surface area contributed by atoms with Crippen LogP contribution in [0.1, 0.15) is 40.0 Å². The lowest BCUT2D eigenvalue weighted by atomic mass is 9.54. The zero-order valence-electron chi connectivity index (χ0n) is 12.8. The topological polar surface area (TPSA) is 58.9 Å². The Morgan fingerprint density at radius 3 is 2.75 bits per heavy atom. The lowest BCUT2D eigenvalue weighted by Crippen LogP contribution is -2.57. The average molecular weight is 282 g/mol. The third-order valence-corrected chi connectivity index (χ3v) is 6.65. The maximum atomic E-state index is 10.7. The molecule has 2 N–H and O–H groups in total. The summed E-state index contributed by atoms with van der Waals surface area (Å²) in [5.41, 5.74) is -0.131. The summed E-state index contributed by atoms with van der Waals surface area (Å²) >= 11 is 0. The molecule has 1 saturated heterocycles. The zero-order valence-corrected chi connectivity index (χ0v) is 12.8. The van der Waals surface area contributed by atoms with Crippen molar-refractivity contribution in [2.24, 2.45) is 10.8 Å². The van der Waals surface area contributed by atoms with Crippen molar-refractivity contribution >= 4 is 0 Å². The summed E-state index contributed by atoms with van der Waals surface area (Å²) < 4.78 is 11.9. The van der Waals surface area contributed by atoms with Crippen molar-refractivity contribution in [3.8, 4) is 0 Å². The summed E-state index contributed by atoms with van der Waals surface area (Å²) in [4.78, 5) is 0.